The number of ether oxygens (including phenoxy) is 2. The van der Waals surface area contributed by atoms with Gasteiger partial charge < -0.3 is 9.47 Å². The van der Waals surface area contributed by atoms with Crippen LogP contribution in [0.3, 0.4) is 0 Å². The molecule has 1 radical (unpaired) electrons. The molecular formula is C7H15O3. The molecule has 0 saturated carbocycles. The fourth-order valence-corrected chi connectivity index (χ4v) is 0.404. The second-order valence-corrected chi connectivity index (χ2v) is 2.30. The lowest BCUT2D eigenvalue weighted by Crippen LogP contribution is -2.08. The first kappa shape index (κ1) is 9.88. The maximum Gasteiger partial charge on any atom is 0.147 e. The van der Waals surface area contributed by atoms with E-state index in [1.165, 1.54) is 0 Å². The Bertz CT molecular complexity index is 63.9. The monoisotopic (exact) mass is 147 g/mol. The Morgan fingerprint density at radius 3 is 2.60 bits per heavy atom. The van der Waals surface area contributed by atoms with Crippen LogP contribution in [0.25, 0.3) is 0 Å². The van der Waals surface area contributed by atoms with Gasteiger partial charge in [0.05, 0.1) is 19.3 Å². The largest absolute Gasteiger partial charge is 0.355 e. The van der Waals surface area contributed by atoms with E-state index in [1.807, 2.05) is 13.8 Å². The Kier molecular flexibility index (Phi) is 6.91. The van der Waals surface area contributed by atoms with Crippen molar-refractivity contribution in [3.05, 3.63) is 0 Å². The van der Waals surface area contributed by atoms with Gasteiger partial charge in [-0.2, -0.15) is 0 Å². The van der Waals surface area contributed by atoms with Crippen LogP contribution in [0.4, 0.5) is 0 Å². The van der Waals surface area contributed by atoms with Gasteiger partial charge in [0.2, 0.25) is 0 Å². The van der Waals surface area contributed by atoms with Crippen molar-refractivity contribution in [3.8, 4) is 0 Å². The second-order valence-electron chi connectivity index (χ2n) is 2.30. The van der Waals surface area contributed by atoms with Crippen LogP contribution >= 0.6 is 0 Å². The molecule has 0 aromatic heterocycles. The zero-order valence-electron chi connectivity index (χ0n) is 6.63. The quantitative estimate of drug-likeness (QED) is 0.418. The van der Waals surface area contributed by atoms with E-state index in [0.29, 0.717) is 19.8 Å². The topological polar surface area (TPSA) is 38.4 Å². The van der Waals surface area contributed by atoms with Gasteiger partial charge in [0, 0.05) is 0 Å². The molecule has 0 aromatic rings. The molecule has 0 atom stereocenters. The lowest BCUT2D eigenvalue weighted by molar-refractivity contribution is -0.0813. The summed E-state index contributed by atoms with van der Waals surface area (Å²) in [5.74, 6) is 0. The molecule has 0 heterocycles. The van der Waals surface area contributed by atoms with Gasteiger partial charge in [0.25, 0.3) is 0 Å². The molecule has 61 valence electrons. The van der Waals surface area contributed by atoms with Crippen molar-refractivity contribution >= 4 is 0 Å². The van der Waals surface area contributed by atoms with Crippen molar-refractivity contribution in [1.29, 1.82) is 0 Å². The summed E-state index contributed by atoms with van der Waals surface area (Å²) in [6.45, 7) is 4.63. The van der Waals surface area contributed by atoms with E-state index in [-0.39, 0.29) is 12.7 Å². The lowest BCUT2D eigenvalue weighted by Gasteiger charge is -2.06. The molecule has 0 aromatic carbocycles. The highest BCUT2D eigenvalue weighted by Crippen LogP contribution is 1.88. The molecule has 0 aliphatic carbocycles. The average molecular weight is 147 g/mol. The first-order valence-corrected chi connectivity index (χ1v) is 3.55. The Balaban J connectivity index is 2.77. The summed E-state index contributed by atoms with van der Waals surface area (Å²) in [6, 6.07) is 0. The highest BCUT2D eigenvalue weighted by molar-refractivity contribution is 4.32. The third-order valence-electron chi connectivity index (χ3n) is 0.918. The molecule has 0 aliphatic heterocycles. The normalized spacial score (nSPS) is 10.8. The molecule has 0 aliphatic rings. The molecule has 0 amide bonds. The molecule has 0 saturated heterocycles. The number of hydrogen-bond acceptors (Lipinski definition) is 2. The maximum atomic E-state index is 9.91. The van der Waals surface area contributed by atoms with E-state index in [2.05, 4.69) is 0 Å². The minimum absolute atomic E-state index is 0.0678. The van der Waals surface area contributed by atoms with E-state index in [9.17, 15) is 5.11 Å². The predicted octanol–water partition coefficient (Wildman–Crippen LogP) is 1.21. The molecule has 0 N–H and O–H groups in total. The zero-order valence-corrected chi connectivity index (χ0v) is 6.63. The molecule has 0 bridgehead atoms. The highest BCUT2D eigenvalue weighted by Gasteiger charge is 1.91. The SMILES string of the molecule is CC(C)OCOCCC[O]. The number of hydrogen-bond donors (Lipinski definition) is 0. The Labute approximate surface area is 62.0 Å². The van der Waals surface area contributed by atoms with Crippen LogP contribution in [0.2, 0.25) is 0 Å². The van der Waals surface area contributed by atoms with Crippen molar-refractivity contribution in [1.82, 2.24) is 0 Å². The molecule has 0 unspecified atom stereocenters. The van der Waals surface area contributed by atoms with Gasteiger partial charge in [-0.15, -0.1) is 0 Å². The Morgan fingerprint density at radius 2 is 2.10 bits per heavy atom. The van der Waals surface area contributed by atoms with Crippen LogP contribution < -0.4 is 0 Å². The maximum absolute atomic E-state index is 9.91. The van der Waals surface area contributed by atoms with Crippen LogP contribution in [0.15, 0.2) is 0 Å². The summed E-state index contributed by atoms with van der Waals surface area (Å²) in [5, 5.41) is 9.91. The van der Waals surface area contributed by atoms with Gasteiger partial charge in [-0.05, 0) is 20.3 Å². The second kappa shape index (κ2) is 6.99. The van der Waals surface area contributed by atoms with Gasteiger partial charge in [0.15, 0.2) is 0 Å². The van der Waals surface area contributed by atoms with Gasteiger partial charge in [0.1, 0.15) is 6.79 Å². The smallest absolute Gasteiger partial charge is 0.147 e. The van der Waals surface area contributed by atoms with Crippen molar-refractivity contribution in [2.45, 2.75) is 26.4 Å². The van der Waals surface area contributed by atoms with E-state index in [0.717, 1.165) is 0 Å². The lowest BCUT2D eigenvalue weighted by atomic mass is 10.5. The minimum atomic E-state index is -0.0678. The summed E-state index contributed by atoms with van der Waals surface area (Å²) >= 11 is 0. The molecular weight excluding hydrogens is 132 g/mol. The first-order chi connectivity index (χ1) is 4.77. The van der Waals surface area contributed by atoms with Gasteiger partial charge in [-0.3, -0.25) is 0 Å². The van der Waals surface area contributed by atoms with E-state index in [4.69, 9.17) is 9.47 Å². The zero-order chi connectivity index (χ0) is 7.82. The van der Waals surface area contributed by atoms with Crippen LogP contribution in [-0.4, -0.2) is 26.1 Å². The van der Waals surface area contributed by atoms with Gasteiger partial charge >= 0.3 is 0 Å². The summed E-state index contributed by atoms with van der Waals surface area (Å²) in [6.07, 6.45) is 0.772. The molecule has 0 rings (SSSR count). The Morgan fingerprint density at radius 1 is 1.40 bits per heavy atom. The molecule has 10 heavy (non-hydrogen) atoms. The summed E-state index contributed by atoms with van der Waals surface area (Å²) in [4.78, 5) is 0. The number of rotatable bonds is 6. The van der Waals surface area contributed by atoms with E-state index >= 15 is 0 Å². The van der Waals surface area contributed by atoms with E-state index < -0.39 is 0 Å². The standard InChI is InChI=1S/C7H15O3/c1-7(2)10-6-9-5-3-4-8/h7H,3-6H2,1-2H3. The average Bonchev–Trinajstić information content (AvgIpc) is 1.87. The summed E-state index contributed by atoms with van der Waals surface area (Å²) < 4.78 is 10.0. The van der Waals surface area contributed by atoms with Gasteiger partial charge in [-0.1, -0.05) is 0 Å². The fraction of sp³-hybridized carbons (Fsp3) is 1.00. The fourth-order valence-electron chi connectivity index (χ4n) is 0.404. The summed E-state index contributed by atoms with van der Waals surface area (Å²) in [5.41, 5.74) is 0. The van der Waals surface area contributed by atoms with Gasteiger partial charge in [-0.25, -0.2) is 5.11 Å². The molecule has 3 nitrogen and oxygen atoms in total. The van der Waals surface area contributed by atoms with Crippen molar-refractivity contribution in [2.24, 2.45) is 0 Å². The van der Waals surface area contributed by atoms with E-state index in [1.54, 1.807) is 0 Å². The third kappa shape index (κ3) is 7.88. The first-order valence-electron chi connectivity index (χ1n) is 3.55. The molecule has 0 fully saturated rings. The van der Waals surface area contributed by atoms with Crippen LogP contribution in [0.5, 0.6) is 0 Å². The highest BCUT2D eigenvalue weighted by atomic mass is 16.7. The summed E-state index contributed by atoms with van der Waals surface area (Å²) in [7, 11) is 0. The predicted molar refractivity (Wildman–Crippen MR) is 37.2 cm³/mol. The molecule has 3 heteroatoms. The minimum Gasteiger partial charge on any atom is -0.355 e. The molecule has 0 spiro atoms. The van der Waals surface area contributed by atoms with Crippen LogP contribution in [0.1, 0.15) is 20.3 Å². The van der Waals surface area contributed by atoms with Crippen molar-refractivity contribution in [3.63, 3.8) is 0 Å². The van der Waals surface area contributed by atoms with Crippen molar-refractivity contribution < 1.29 is 14.6 Å². The van der Waals surface area contributed by atoms with Crippen LogP contribution in [-0.2, 0) is 14.6 Å². The Hall–Kier alpha value is -0.120. The van der Waals surface area contributed by atoms with Crippen molar-refractivity contribution in [2.75, 3.05) is 20.0 Å². The van der Waals surface area contributed by atoms with Crippen LogP contribution in [0, 0.1) is 0 Å². The third-order valence-corrected chi connectivity index (χ3v) is 0.918.